The van der Waals surface area contributed by atoms with Crippen molar-refractivity contribution in [3.8, 4) is 0 Å². The van der Waals surface area contributed by atoms with Gasteiger partial charge in [0, 0.05) is 98.9 Å². The molecule has 4 saturated heterocycles. The molecule has 0 radical (unpaired) electrons. The summed E-state index contributed by atoms with van der Waals surface area (Å²) >= 11 is 0. The van der Waals surface area contributed by atoms with Crippen LogP contribution in [0.4, 0.5) is 15.9 Å². The first-order valence-electron chi connectivity index (χ1n) is 21.5. The zero-order valence-electron chi connectivity index (χ0n) is 35.1. The number of allylic oxidation sites excluding steroid dienone is 1. The summed E-state index contributed by atoms with van der Waals surface area (Å²) in [5.74, 6) is 0.0214. The summed E-state index contributed by atoms with van der Waals surface area (Å²) in [7, 11) is 0. The van der Waals surface area contributed by atoms with Crippen LogP contribution in [0.1, 0.15) is 93.3 Å². The molecule has 2 aromatic carbocycles. The molecule has 1 atom stereocenters. The van der Waals surface area contributed by atoms with Crippen LogP contribution >= 0.6 is 0 Å². The Labute approximate surface area is 350 Å². The molecular weight excluding hydrogens is 762 g/mol. The van der Waals surface area contributed by atoms with Gasteiger partial charge in [-0.3, -0.25) is 24.6 Å². The lowest BCUT2D eigenvalue weighted by Gasteiger charge is -2.45. The number of amides is 3. The number of fused-ring (bicyclic) bond motifs is 2. The van der Waals surface area contributed by atoms with Crippen LogP contribution in [0.2, 0.25) is 0 Å². The molecule has 0 aliphatic carbocycles. The third-order valence-electron chi connectivity index (χ3n) is 13.2. The number of anilines is 2. The van der Waals surface area contributed by atoms with Crippen LogP contribution in [0, 0.1) is 11.7 Å². The number of piperidine rings is 2. The first-order valence-corrected chi connectivity index (χ1v) is 21.5. The topological polar surface area (TPSA) is 134 Å². The van der Waals surface area contributed by atoms with Gasteiger partial charge >= 0.3 is 0 Å². The molecule has 3 N–H and O–H groups in total. The van der Waals surface area contributed by atoms with E-state index >= 15 is 0 Å². The number of rotatable bonds is 8. The number of aromatic nitrogens is 2. The predicted octanol–water partition coefficient (Wildman–Crippen LogP) is 6.03. The fourth-order valence-electron chi connectivity index (χ4n) is 10.5. The van der Waals surface area contributed by atoms with Crippen molar-refractivity contribution in [2.45, 2.75) is 95.6 Å². The zero-order valence-corrected chi connectivity index (χ0v) is 35.1. The highest BCUT2D eigenvalue weighted by molar-refractivity contribution is 6.05. The first kappa shape index (κ1) is 40.3. The van der Waals surface area contributed by atoms with E-state index in [0.717, 1.165) is 78.3 Å². The number of ether oxygens (including phenoxy) is 1. The molecule has 4 aromatic rings. The summed E-state index contributed by atoms with van der Waals surface area (Å²) in [4.78, 5) is 53.8. The molecule has 5 aliphatic heterocycles. The van der Waals surface area contributed by atoms with Gasteiger partial charge in [0.1, 0.15) is 17.7 Å². The second-order valence-corrected chi connectivity index (χ2v) is 18.9. The quantitative estimate of drug-likeness (QED) is 0.182. The number of imide groups is 1. The maximum atomic E-state index is 14.8. The Kier molecular flexibility index (Phi) is 10.4. The molecule has 0 unspecified atom stereocenters. The van der Waals surface area contributed by atoms with Crippen LogP contribution < -0.4 is 15.1 Å². The smallest absolute Gasteiger partial charge is 0.255 e. The number of carbonyl (C=O) groups excluding carboxylic acids is 3. The maximum Gasteiger partial charge on any atom is 0.255 e. The van der Waals surface area contributed by atoms with Gasteiger partial charge < -0.3 is 29.5 Å². The van der Waals surface area contributed by atoms with E-state index in [9.17, 15) is 23.9 Å². The number of hydrogen-bond acceptors (Lipinski definition) is 9. The van der Waals surface area contributed by atoms with Crippen molar-refractivity contribution in [2.24, 2.45) is 5.92 Å². The van der Waals surface area contributed by atoms with Crippen molar-refractivity contribution in [1.82, 2.24) is 25.1 Å². The van der Waals surface area contributed by atoms with Crippen LogP contribution in [0.3, 0.4) is 0 Å². The molecular formula is C47H56FN7O5. The average Bonchev–Trinajstić information content (AvgIpc) is 3.74. The van der Waals surface area contributed by atoms with Crippen LogP contribution in [-0.2, 0) is 20.9 Å². The number of β-amino-alcohol motifs (C(OH)–C–C–N with tert-alkyl or cyclic N) is 1. The van der Waals surface area contributed by atoms with Crippen molar-refractivity contribution < 1.29 is 28.6 Å². The Hall–Kier alpha value is -5.11. The average molecular weight is 818 g/mol. The van der Waals surface area contributed by atoms with Gasteiger partial charge in [-0.25, -0.2) is 9.37 Å². The Balaban J connectivity index is 0.817. The Morgan fingerprint density at radius 1 is 0.917 bits per heavy atom. The van der Waals surface area contributed by atoms with E-state index in [-0.39, 0.29) is 41.2 Å². The number of hydrogen-bond donors (Lipinski definition) is 3. The third kappa shape index (κ3) is 8.19. The monoisotopic (exact) mass is 817 g/mol. The second-order valence-electron chi connectivity index (χ2n) is 18.9. The van der Waals surface area contributed by atoms with Gasteiger partial charge in [0.2, 0.25) is 11.8 Å². The van der Waals surface area contributed by atoms with Gasteiger partial charge in [-0.05, 0) is 125 Å². The van der Waals surface area contributed by atoms with Gasteiger partial charge in [0.25, 0.3) is 5.91 Å². The molecule has 9 rings (SSSR count). The van der Waals surface area contributed by atoms with E-state index < -0.39 is 17.6 Å². The number of H-pyrrole nitrogens is 1. The number of piperazine rings is 1. The number of aliphatic hydroxyl groups is 1. The lowest BCUT2D eigenvalue weighted by atomic mass is 9.79. The minimum atomic E-state index is -0.792. The highest BCUT2D eigenvalue weighted by atomic mass is 19.1. The SMILES string of the molecule is CC1(C)CC(C=C(c2ccc(N3CCC(O)(CN4CCN(c5ccc6c(c5)CN([C@@H]5CCC(=O)NC5=O)C6=O)CC4)CC3)nc2)c2ccc3[nH]cc(F)c3c2)CC(C)(C)O1. The van der Waals surface area contributed by atoms with Gasteiger partial charge in [0.15, 0.2) is 0 Å². The van der Waals surface area contributed by atoms with E-state index in [4.69, 9.17) is 9.72 Å². The van der Waals surface area contributed by atoms with Crippen LogP contribution in [0.15, 0.2) is 67.0 Å². The number of aromatic amines is 1. The van der Waals surface area contributed by atoms with Crippen molar-refractivity contribution >= 4 is 45.7 Å². The number of carbonyl (C=O) groups is 3. The Bertz CT molecular complexity index is 2320. The standard InChI is InChI=1S/C47H56FN7O5/c1-45(2)24-30(25-46(3,4)60-45)21-36(31-5-9-39-37(23-31)38(48)27-49-39)32-6-11-41(50-26-32)54-15-13-47(59,14-16-54)29-52-17-19-53(20-18-52)34-7-8-35-33(22-34)28-55(44(35)58)40-10-12-42(56)51-43(40)57/h5-9,11,21-23,26-27,30,40,49,59H,10,12-20,24-25,28-29H2,1-4H3,(H,51,56,57)/t40-/m1/s1. The van der Waals surface area contributed by atoms with E-state index in [1.54, 1.807) is 4.90 Å². The lowest BCUT2D eigenvalue weighted by Crippen LogP contribution is -2.55. The summed E-state index contributed by atoms with van der Waals surface area (Å²) in [6, 6.07) is 15.4. The molecule has 0 saturated carbocycles. The first-order chi connectivity index (χ1) is 28.6. The summed E-state index contributed by atoms with van der Waals surface area (Å²) in [6.45, 7) is 14.2. The number of benzene rings is 2. The number of nitrogens with zero attached hydrogens (tertiary/aromatic N) is 5. The van der Waals surface area contributed by atoms with Crippen LogP contribution in [-0.4, -0.2) is 111 Å². The molecule has 7 heterocycles. The fraction of sp³-hybridized carbons (Fsp3) is 0.489. The molecule has 4 fully saturated rings. The molecule has 60 heavy (non-hydrogen) atoms. The van der Waals surface area contributed by atoms with Crippen LogP contribution in [0.5, 0.6) is 0 Å². The highest BCUT2D eigenvalue weighted by Crippen LogP contribution is 2.41. The highest BCUT2D eigenvalue weighted by Gasteiger charge is 2.41. The Morgan fingerprint density at radius 2 is 1.65 bits per heavy atom. The molecule has 2 aromatic heterocycles. The summed E-state index contributed by atoms with van der Waals surface area (Å²) in [5, 5.41) is 14.7. The van der Waals surface area contributed by atoms with Crippen molar-refractivity contribution in [3.63, 3.8) is 0 Å². The van der Waals surface area contributed by atoms with E-state index in [0.29, 0.717) is 56.4 Å². The summed E-state index contributed by atoms with van der Waals surface area (Å²) in [6.07, 6.45) is 9.29. The molecule has 13 heteroatoms. The molecule has 5 aliphatic rings. The summed E-state index contributed by atoms with van der Waals surface area (Å²) < 4.78 is 21.2. The molecule has 0 bridgehead atoms. The summed E-state index contributed by atoms with van der Waals surface area (Å²) in [5.41, 5.74) is 4.97. The van der Waals surface area contributed by atoms with E-state index in [2.05, 4.69) is 83.0 Å². The zero-order chi connectivity index (χ0) is 42.0. The Morgan fingerprint density at radius 3 is 2.35 bits per heavy atom. The third-order valence-corrected chi connectivity index (χ3v) is 13.2. The molecule has 12 nitrogen and oxygen atoms in total. The maximum absolute atomic E-state index is 14.8. The van der Waals surface area contributed by atoms with E-state index in [1.165, 1.54) is 6.20 Å². The van der Waals surface area contributed by atoms with Crippen molar-refractivity contribution in [3.05, 3.63) is 95.1 Å². The number of nitrogens with one attached hydrogen (secondary N) is 2. The number of halogens is 1. The van der Waals surface area contributed by atoms with Gasteiger partial charge in [-0.1, -0.05) is 12.1 Å². The molecule has 316 valence electrons. The molecule has 3 amide bonds. The van der Waals surface area contributed by atoms with Crippen LogP contribution in [0.25, 0.3) is 16.5 Å². The largest absolute Gasteiger partial charge is 0.388 e. The normalized spacial score (nSPS) is 23.6. The lowest BCUT2D eigenvalue weighted by molar-refractivity contribution is -0.166. The minimum Gasteiger partial charge on any atom is -0.388 e. The molecule has 0 spiro atoms. The predicted molar refractivity (Wildman–Crippen MR) is 229 cm³/mol. The van der Waals surface area contributed by atoms with Crippen molar-refractivity contribution in [2.75, 3.05) is 55.6 Å². The van der Waals surface area contributed by atoms with Gasteiger partial charge in [-0.2, -0.15) is 0 Å². The number of pyridine rings is 1. The van der Waals surface area contributed by atoms with E-state index in [1.807, 2.05) is 30.5 Å². The van der Waals surface area contributed by atoms with Gasteiger partial charge in [0.05, 0.1) is 16.8 Å². The fourth-order valence-corrected chi connectivity index (χ4v) is 10.5. The van der Waals surface area contributed by atoms with Crippen molar-refractivity contribution in [1.29, 1.82) is 0 Å². The van der Waals surface area contributed by atoms with Gasteiger partial charge in [-0.15, -0.1) is 0 Å². The second kappa shape index (κ2) is 15.4. The minimum absolute atomic E-state index is 0.163.